The van der Waals surface area contributed by atoms with Crippen molar-refractivity contribution in [3.63, 3.8) is 0 Å². The number of furan rings is 1. The minimum absolute atomic E-state index is 0.119. The predicted octanol–water partition coefficient (Wildman–Crippen LogP) is 1.67. The van der Waals surface area contributed by atoms with Gasteiger partial charge in [-0.25, -0.2) is 0 Å². The summed E-state index contributed by atoms with van der Waals surface area (Å²) in [5.74, 6) is 0. The molecule has 1 aliphatic rings. The standard InChI is InChI=1S/C10H14O3/c1-8-6-10(11,3-5-13-8)9-2-4-12-7-9/h2,4,7-8,11H,3,5-6H2,1H3. The van der Waals surface area contributed by atoms with Gasteiger partial charge in [0.05, 0.1) is 30.8 Å². The second-order valence-corrected chi connectivity index (χ2v) is 3.68. The molecule has 1 fully saturated rings. The van der Waals surface area contributed by atoms with E-state index in [1.807, 2.05) is 13.0 Å². The van der Waals surface area contributed by atoms with Crippen molar-refractivity contribution >= 4 is 0 Å². The van der Waals surface area contributed by atoms with Gasteiger partial charge in [-0.3, -0.25) is 0 Å². The second kappa shape index (κ2) is 3.16. The highest BCUT2D eigenvalue weighted by Gasteiger charge is 2.35. The summed E-state index contributed by atoms with van der Waals surface area (Å²) in [4.78, 5) is 0. The maximum Gasteiger partial charge on any atom is 0.0973 e. The summed E-state index contributed by atoms with van der Waals surface area (Å²) < 4.78 is 10.3. The van der Waals surface area contributed by atoms with Gasteiger partial charge in [0, 0.05) is 18.4 Å². The molecule has 0 spiro atoms. The van der Waals surface area contributed by atoms with Gasteiger partial charge in [0.2, 0.25) is 0 Å². The molecule has 0 aliphatic carbocycles. The SMILES string of the molecule is CC1CC(O)(c2ccoc2)CCO1. The summed E-state index contributed by atoms with van der Waals surface area (Å²) in [5, 5.41) is 10.3. The first-order chi connectivity index (χ1) is 6.21. The summed E-state index contributed by atoms with van der Waals surface area (Å²) in [7, 11) is 0. The second-order valence-electron chi connectivity index (χ2n) is 3.68. The average Bonchev–Trinajstić information content (AvgIpc) is 2.55. The van der Waals surface area contributed by atoms with E-state index in [0.29, 0.717) is 19.4 Å². The fourth-order valence-corrected chi connectivity index (χ4v) is 1.86. The first kappa shape index (κ1) is 8.78. The number of hydrogen-bond donors (Lipinski definition) is 1. The van der Waals surface area contributed by atoms with Gasteiger partial charge in [-0.05, 0) is 13.0 Å². The van der Waals surface area contributed by atoms with E-state index in [9.17, 15) is 5.11 Å². The van der Waals surface area contributed by atoms with Crippen LogP contribution in [0.5, 0.6) is 0 Å². The average molecular weight is 182 g/mol. The molecular formula is C10H14O3. The fraction of sp³-hybridized carbons (Fsp3) is 0.600. The van der Waals surface area contributed by atoms with Crippen molar-refractivity contribution in [1.29, 1.82) is 0 Å². The molecule has 3 heteroatoms. The molecule has 1 N–H and O–H groups in total. The molecular weight excluding hydrogens is 168 g/mol. The Balaban J connectivity index is 2.20. The van der Waals surface area contributed by atoms with Crippen molar-refractivity contribution in [1.82, 2.24) is 0 Å². The van der Waals surface area contributed by atoms with Crippen molar-refractivity contribution in [2.75, 3.05) is 6.61 Å². The molecule has 0 saturated carbocycles. The fourth-order valence-electron chi connectivity index (χ4n) is 1.86. The van der Waals surface area contributed by atoms with Gasteiger partial charge in [-0.15, -0.1) is 0 Å². The summed E-state index contributed by atoms with van der Waals surface area (Å²) in [6.07, 6.45) is 4.61. The maximum atomic E-state index is 10.3. The number of rotatable bonds is 1. The lowest BCUT2D eigenvalue weighted by Crippen LogP contribution is -2.37. The number of ether oxygens (including phenoxy) is 1. The first-order valence-corrected chi connectivity index (χ1v) is 4.57. The van der Waals surface area contributed by atoms with Crippen LogP contribution in [-0.2, 0) is 10.3 Å². The van der Waals surface area contributed by atoms with Crippen molar-refractivity contribution < 1.29 is 14.3 Å². The van der Waals surface area contributed by atoms with E-state index in [4.69, 9.17) is 9.15 Å². The predicted molar refractivity (Wildman–Crippen MR) is 47.3 cm³/mol. The Kier molecular flexibility index (Phi) is 2.14. The van der Waals surface area contributed by atoms with E-state index in [1.165, 1.54) is 0 Å². The van der Waals surface area contributed by atoms with E-state index in [0.717, 1.165) is 5.56 Å². The topological polar surface area (TPSA) is 42.6 Å². The molecule has 0 aromatic carbocycles. The Morgan fingerprint density at radius 2 is 2.46 bits per heavy atom. The number of aliphatic hydroxyl groups is 1. The summed E-state index contributed by atoms with van der Waals surface area (Å²) in [6.45, 7) is 2.59. The third-order valence-corrected chi connectivity index (χ3v) is 2.60. The molecule has 2 unspecified atom stereocenters. The van der Waals surface area contributed by atoms with E-state index in [1.54, 1.807) is 12.5 Å². The molecule has 1 aromatic rings. The Labute approximate surface area is 77.3 Å². The highest BCUT2D eigenvalue weighted by atomic mass is 16.5. The van der Waals surface area contributed by atoms with Gasteiger partial charge in [0.25, 0.3) is 0 Å². The summed E-state index contributed by atoms with van der Waals surface area (Å²) in [6, 6.07) is 1.82. The quantitative estimate of drug-likeness (QED) is 0.718. The van der Waals surface area contributed by atoms with Gasteiger partial charge in [-0.1, -0.05) is 0 Å². The molecule has 0 radical (unpaired) electrons. The van der Waals surface area contributed by atoms with Crippen LogP contribution < -0.4 is 0 Å². The van der Waals surface area contributed by atoms with Crippen LogP contribution in [0.3, 0.4) is 0 Å². The van der Waals surface area contributed by atoms with Crippen molar-refractivity contribution in [3.05, 3.63) is 24.2 Å². The monoisotopic (exact) mass is 182 g/mol. The highest BCUT2D eigenvalue weighted by Crippen LogP contribution is 2.34. The summed E-state index contributed by atoms with van der Waals surface area (Å²) >= 11 is 0. The number of hydrogen-bond acceptors (Lipinski definition) is 3. The molecule has 3 nitrogen and oxygen atoms in total. The van der Waals surface area contributed by atoms with Crippen LogP contribution in [0.15, 0.2) is 23.0 Å². The highest BCUT2D eigenvalue weighted by molar-refractivity contribution is 5.17. The minimum atomic E-state index is -0.745. The van der Waals surface area contributed by atoms with E-state index >= 15 is 0 Å². The van der Waals surface area contributed by atoms with E-state index in [-0.39, 0.29) is 6.10 Å². The molecule has 13 heavy (non-hydrogen) atoms. The Morgan fingerprint density at radius 3 is 3.08 bits per heavy atom. The zero-order valence-corrected chi connectivity index (χ0v) is 7.69. The third kappa shape index (κ3) is 1.62. The molecule has 72 valence electrons. The molecule has 1 aromatic heterocycles. The van der Waals surface area contributed by atoms with Gasteiger partial charge in [0.1, 0.15) is 0 Å². The minimum Gasteiger partial charge on any atom is -0.472 e. The van der Waals surface area contributed by atoms with Crippen molar-refractivity contribution in [3.8, 4) is 0 Å². The van der Waals surface area contributed by atoms with Crippen LogP contribution in [-0.4, -0.2) is 17.8 Å². The van der Waals surface area contributed by atoms with Crippen LogP contribution in [0.2, 0.25) is 0 Å². The summed E-state index contributed by atoms with van der Waals surface area (Å²) in [5.41, 5.74) is 0.118. The Bertz CT molecular complexity index is 268. The third-order valence-electron chi connectivity index (χ3n) is 2.60. The van der Waals surface area contributed by atoms with Gasteiger partial charge >= 0.3 is 0 Å². The smallest absolute Gasteiger partial charge is 0.0973 e. The molecule has 1 saturated heterocycles. The van der Waals surface area contributed by atoms with Crippen molar-refractivity contribution in [2.45, 2.75) is 31.5 Å². The van der Waals surface area contributed by atoms with E-state index in [2.05, 4.69) is 0 Å². The van der Waals surface area contributed by atoms with Crippen LogP contribution in [0.4, 0.5) is 0 Å². The van der Waals surface area contributed by atoms with Gasteiger partial charge < -0.3 is 14.3 Å². The lowest BCUT2D eigenvalue weighted by atomic mass is 9.86. The Morgan fingerprint density at radius 1 is 1.62 bits per heavy atom. The van der Waals surface area contributed by atoms with Crippen LogP contribution in [0.25, 0.3) is 0 Å². The zero-order valence-electron chi connectivity index (χ0n) is 7.69. The largest absolute Gasteiger partial charge is 0.472 e. The molecule has 2 heterocycles. The lowest BCUT2D eigenvalue weighted by Gasteiger charge is -2.34. The van der Waals surface area contributed by atoms with E-state index < -0.39 is 5.60 Å². The Hall–Kier alpha value is -0.800. The van der Waals surface area contributed by atoms with Crippen LogP contribution in [0, 0.1) is 0 Å². The van der Waals surface area contributed by atoms with Crippen LogP contribution in [0.1, 0.15) is 25.3 Å². The molecule has 0 bridgehead atoms. The van der Waals surface area contributed by atoms with Crippen LogP contribution >= 0.6 is 0 Å². The van der Waals surface area contributed by atoms with Gasteiger partial charge in [-0.2, -0.15) is 0 Å². The zero-order chi connectivity index (χ0) is 9.31. The molecule has 2 atom stereocenters. The van der Waals surface area contributed by atoms with Gasteiger partial charge in [0.15, 0.2) is 0 Å². The lowest BCUT2D eigenvalue weighted by molar-refractivity contribution is -0.101. The molecule has 2 rings (SSSR count). The molecule has 1 aliphatic heterocycles. The normalized spacial score (nSPS) is 34.8. The first-order valence-electron chi connectivity index (χ1n) is 4.57. The molecule has 0 amide bonds. The van der Waals surface area contributed by atoms with Crippen molar-refractivity contribution in [2.24, 2.45) is 0 Å². The maximum absolute atomic E-state index is 10.3.